The van der Waals surface area contributed by atoms with Gasteiger partial charge in [0.05, 0.1) is 0 Å². The fourth-order valence-corrected chi connectivity index (χ4v) is 2.85. The molecule has 76 valence electrons. The van der Waals surface area contributed by atoms with Crippen LogP contribution in [0.3, 0.4) is 0 Å². The smallest absolute Gasteiger partial charge is 0.0110 e. The van der Waals surface area contributed by atoms with Gasteiger partial charge in [-0.15, -0.1) is 11.8 Å². The molecular formula is C12H17NS. The van der Waals surface area contributed by atoms with Crippen molar-refractivity contribution in [2.45, 2.75) is 30.1 Å². The van der Waals surface area contributed by atoms with E-state index in [2.05, 4.69) is 31.2 Å². The number of hydrogen-bond donors (Lipinski definition) is 1. The Bertz CT molecular complexity index is 318. The van der Waals surface area contributed by atoms with Crippen molar-refractivity contribution in [3.05, 3.63) is 29.8 Å². The predicted molar refractivity (Wildman–Crippen MR) is 62.8 cm³/mol. The van der Waals surface area contributed by atoms with Gasteiger partial charge in [0, 0.05) is 16.9 Å². The highest BCUT2D eigenvalue weighted by Crippen LogP contribution is 2.49. The van der Waals surface area contributed by atoms with Crippen molar-refractivity contribution >= 4 is 11.8 Å². The Morgan fingerprint density at radius 3 is 2.64 bits per heavy atom. The minimum Gasteiger partial charge on any atom is -0.330 e. The van der Waals surface area contributed by atoms with Crippen LogP contribution in [0.5, 0.6) is 0 Å². The van der Waals surface area contributed by atoms with Crippen LogP contribution in [0.2, 0.25) is 0 Å². The number of benzene rings is 1. The van der Waals surface area contributed by atoms with Gasteiger partial charge < -0.3 is 5.73 Å². The zero-order valence-corrected chi connectivity index (χ0v) is 9.44. The lowest BCUT2D eigenvalue weighted by molar-refractivity contribution is 0.690. The molecule has 0 saturated heterocycles. The van der Waals surface area contributed by atoms with Crippen LogP contribution in [-0.2, 0) is 5.41 Å². The van der Waals surface area contributed by atoms with E-state index in [0.29, 0.717) is 5.41 Å². The van der Waals surface area contributed by atoms with Gasteiger partial charge in [-0.05, 0) is 30.2 Å². The van der Waals surface area contributed by atoms with Crippen LogP contribution in [0, 0.1) is 0 Å². The summed E-state index contributed by atoms with van der Waals surface area (Å²) in [5.74, 6) is 1.14. The Kier molecular flexibility index (Phi) is 2.84. The molecule has 1 aromatic rings. The maximum Gasteiger partial charge on any atom is 0.0110 e. The molecule has 2 N–H and O–H groups in total. The first-order chi connectivity index (χ1) is 6.82. The summed E-state index contributed by atoms with van der Waals surface area (Å²) in [6, 6.07) is 8.72. The molecule has 1 fully saturated rings. The van der Waals surface area contributed by atoms with Crippen LogP contribution >= 0.6 is 11.8 Å². The molecule has 0 heterocycles. The lowest BCUT2D eigenvalue weighted by atomic mass is 9.96. The summed E-state index contributed by atoms with van der Waals surface area (Å²) in [7, 11) is 0. The van der Waals surface area contributed by atoms with Gasteiger partial charge in [0.2, 0.25) is 0 Å². The van der Waals surface area contributed by atoms with E-state index in [4.69, 9.17) is 5.73 Å². The molecule has 1 nitrogen and oxygen atoms in total. The Morgan fingerprint density at radius 1 is 1.36 bits per heavy atom. The van der Waals surface area contributed by atoms with Gasteiger partial charge in [-0.1, -0.05) is 25.1 Å². The summed E-state index contributed by atoms with van der Waals surface area (Å²) in [4.78, 5) is 1.43. The van der Waals surface area contributed by atoms with Crippen LogP contribution in [0.15, 0.2) is 29.2 Å². The van der Waals surface area contributed by atoms with Gasteiger partial charge in [-0.25, -0.2) is 0 Å². The van der Waals surface area contributed by atoms with Crippen molar-refractivity contribution in [2.75, 3.05) is 12.3 Å². The van der Waals surface area contributed by atoms with Crippen molar-refractivity contribution in [1.29, 1.82) is 0 Å². The maximum atomic E-state index is 5.86. The Balaban J connectivity index is 2.32. The monoisotopic (exact) mass is 207 g/mol. The molecule has 0 unspecified atom stereocenters. The molecule has 0 spiro atoms. The van der Waals surface area contributed by atoms with Crippen LogP contribution in [0.4, 0.5) is 0 Å². The SMILES string of the molecule is CCSc1ccccc1C1(CN)CC1. The average Bonchev–Trinajstić information content (AvgIpc) is 3.00. The minimum absolute atomic E-state index is 0.332. The molecule has 0 aromatic heterocycles. The molecule has 1 aromatic carbocycles. The molecule has 0 aliphatic heterocycles. The van der Waals surface area contributed by atoms with E-state index in [1.807, 2.05) is 11.8 Å². The Morgan fingerprint density at radius 2 is 2.07 bits per heavy atom. The third kappa shape index (κ3) is 1.69. The second kappa shape index (κ2) is 3.95. The van der Waals surface area contributed by atoms with E-state index in [9.17, 15) is 0 Å². The normalized spacial score (nSPS) is 18.1. The number of hydrogen-bond acceptors (Lipinski definition) is 2. The van der Waals surface area contributed by atoms with Crippen molar-refractivity contribution < 1.29 is 0 Å². The van der Waals surface area contributed by atoms with Crippen LogP contribution in [0.25, 0.3) is 0 Å². The summed E-state index contributed by atoms with van der Waals surface area (Å²) < 4.78 is 0. The fourth-order valence-electron chi connectivity index (χ4n) is 1.92. The van der Waals surface area contributed by atoms with E-state index in [1.165, 1.54) is 23.3 Å². The fraction of sp³-hybridized carbons (Fsp3) is 0.500. The summed E-state index contributed by atoms with van der Waals surface area (Å²) in [5.41, 5.74) is 7.67. The van der Waals surface area contributed by atoms with Gasteiger partial charge in [0.15, 0.2) is 0 Å². The van der Waals surface area contributed by atoms with E-state index in [0.717, 1.165) is 12.3 Å². The molecule has 0 radical (unpaired) electrons. The topological polar surface area (TPSA) is 26.0 Å². The van der Waals surface area contributed by atoms with E-state index >= 15 is 0 Å². The molecule has 2 heteroatoms. The second-order valence-electron chi connectivity index (χ2n) is 3.91. The van der Waals surface area contributed by atoms with Gasteiger partial charge >= 0.3 is 0 Å². The Labute approximate surface area is 90.1 Å². The number of thioether (sulfide) groups is 1. The zero-order chi connectivity index (χ0) is 10.0. The summed E-state index contributed by atoms with van der Waals surface area (Å²) in [5, 5.41) is 0. The van der Waals surface area contributed by atoms with Crippen molar-refractivity contribution in [1.82, 2.24) is 0 Å². The zero-order valence-electron chi connectivity index (χ0n) is 8.62. The summed E-state index contributed by atoms with van der Waals surface area (Å²) in [6.07, 6.45) is 2.54. The van der Waals surface area contributed by atoms with Crippen molar-refractivity contribution in [2.24, 2.45) is 5.73 Å². The molecule has 14 heavy (non-hydrogen) atoms. The van der Waals surface area contributed by atoms with E-state index < -0.39 is 0 Å². The van der Waals surface area contributed by atoms with Crippen molar-refractivity contribution in [3.8, 4) is 0 Å². The molecule has 1 aliphatic rings. The minimum atomic E-state index is 0.332. The third-order valence-corrected chi connectivity index (χ3v) is 3.96. The van der Waals surface area contributed by atoms with Crippen molar-refractivity contribution in [3.63, 3.8) is 0 Å². The quantitative estimate of drug-likeness (QED) is 0.768. The molecule has 2 rings (SSSR count). The van der Waals surface area contributed by atoms with Crippen LogP contribution in [-0.4, -0.2) is 12.3 Å². The largest absolute Gasteiger partial charge is 0.330 e. The van der Waals surface area contributed by atoms with E-state index in [-0.39, 0.29) is 0 Å². The standard InChI is InChI=1S/C12H17NS/c1-2-14-11-6-4-3-5-10(11)12(9-13)7-8-12/h3-6H,2,7-9,13H2,1H3. The predicted octanol–water partition coefficient (Wildman–Crippen LogP) is 2.79. The lowest BCUT2D eigenvalue weighted by Crippen LogP contribution is -2.20. The Hall–Kier alpha value is -0.470. The van der Waals surface area contributed by atoms with Gasteiger partial charge in [-0.2, -0.15) is 0 Å². The molecular weight excluding hydrogens is 190 g/mol. The maximum absolute atomic E-state index is 5.86. The highest BCUT2D eigenvalue weighted by atomic mass is 32.2. The average molecular weight is 207 g/mol. The number of nitrogens with two attached hydrogens (primary N) is 1. The van der Waals surface area contributed by atoms with Gasteiger partial charge in [-0.3, -0.25) is 0 Å². The lowest BCUT2D eigenvalue weighted by Gasteiger charge is -2.16. The number of rotatable bonds is 4. The molecule has 1 saturated carbocycles. The van der Waals surface area contributed by atoms with E-state index in [1.54, 1.807) is 0 Å². The highest BCUT2D eigenvalue weighted by molar-refractivity contribution is 7.99. The first-order valence-corrected chi connectivity index (χ1v) is 6.23. The second-order valence-corrected chi connectivity index (χ2v) is 5.22. The third-order valence-electron chi connectivity index (χ3n) is 3.00. The summed E-state index contributed by atoms with van der Waals surface area (Å²) in [6.45, 7) is 3.00. The molecule has 1 aliphatic carbocycles. The molecule has 0 atom stereocenters. The molecule has 0 amide bonds. The van der Waals surface area contributed by atoms with Gasteiger partial charge in [0.1, 0.15) is 0 Å². The summed E-state index contributed by atoms with van der Waals surface area (Å²) >= 11 is 1.93. The first-order valence-electron chi connectivity index (χ1n) is 5.25. The molecule has 0 bridgehead atoms. The first kappa shape index (κ1) is 10.1. The van der Waals surface area contributed by atoms with Crippen LogP contribution < -0.4 is 5.73 Å². The van der Waals surface area contributed by atoms with Crippen LogP contribution in [0.1, 0.15) is 25.3 Å². The van der Waals surface area contributed by atoms with Gasteiger partial charge in [0.25, 0.3) is 0 Å². The highest BCUT2D eigenvalue weighted by Gasteiger charge is 2.43.